The summed E-state index contributed by atoms with van der Waals surface area (Å²) >= 11 is 1.11. The average Bonchev–Trinajstić information content (AvgIpc) is 2.84. The number of nitrogens with zero attached hydrogens (tertiary/aromatic N) is 1. The molecule has 128 valence electrons. The molecule has 0 radical (unpaired) electrons. The first-order valence-corrected chi connectivity index (χ1v) is 7.77. The summed E-state index contributed by atoms with van der Waals surface area (Å²) in [5, 5.41) is 4.64. The molecule has 0 saturated carbocycles. The molecule has 1 heterocycles. The number of nitrogens with one attached hydrogen (secondary N) is 2. The highest BCUT2D eigenvalue weighted by atomic mass is 32.2. The molecule has 1 saturated heterocycles. The van der Waals surface area contributed by atoms with Crippen LogP contribution in [0.15, 0.2) is 41.9 Å². The fourth-order valence-corrected chi connectivity index (χ4v) is 2.89. The molecule has 2 rings (SSSR count). The summed E-state index contributed by atoms with van der Waals surface area (Å²) in [5.74, 6) is -0.908. The minimum atomic E-state index is -4.49. The molecule has 0 spiro atoms. The molecule has 0 bridgehead atoms. The molecular weight excluding hydrogens is 343 g/mol. The predicted octanol–water partition coefficient (Wildman–Crippen LogP) is 2.81. The number of amides is 2. The molecule has 1 aromatic carbocycles. The second kappa shape index (κ2) is 7.52. The van der Waals surface area contributed by atoms with Crippen molar-refractivity contribution in [3.8, 4) is 0 Å². The van der Waals surface area contributed by atoms with Crippen molar-refractivity contribution in [3.05, 3.63) is 42.5 Å². The van der Waals surface area contributed by atoms with Crippen LogP contribution >= 0.6 is 11.8 Å². The van der Waals surface area contributed by atoms with E-state index < -0.39 is 22.9 Å². The Balaban J connectivity index is 1.97. The third-order valence-electron chi connectivity index (χ3n) is 2.98. The van der Waals surface area contributed by atoms with Gasteiger partial charge in [0.25, 0.3) is 0 Å². The largest absolute Gasteiger partial charge is 0.416 e. The molecule has 0 unspecified atom stereocenters. The van der Waals surface area contributed by atoms with Gasteiger partial charge in [-0.2, -0.15) is 13.2 Å². The van der Waals surface area contributed by atoms with E-state index in [0.29, 0.717) is 11.7 Å². The fraction of sp³-hybridized carbons (Fsp3) is 0.267. The zero-order valence-corrected chi connectivity index (χ0v) is 13.2. The van der Waals surface area contributed by atoms with E-state index >= 15 is 0 Å². The number of alkyl halides is 3. The molecule has 2 N–H and O–H groups in total. The van der Waals surface area contributed by atoms with Crippen molar-refractivity contribution in [1.29, 1.82) is 0 Å². The van der Waals surface area contributed by atoms with E-state index in [2.05, 4.69) is 22.2 Å². The van der Waals surface area contributed by atoms with Crippen molar-refractivity contribution in [1.82, 2.24) is 5.32 Å². The first-order valence-electron chi connectivity index (χ1n) is 6.89. The second-order valence-electron chi connectivity index (χ2n) is 4.86. The molecule has 5 nitrogen and oxygen atoms in total. The Bertz CT molecular complexity index is 689. The Hall–Kier alpha value is -2.29. The quantitative estimate of drug-likeness (QED) is 0.796. The highest BCUT2D eigenvalue weighted by molar-refractivity contribution is 8.15. The number of aliphatic imine (C=N–C) groups is 1. The standard InChI is InChI=1S/C15H14F3N3O2S/c1-2-6-19-14-21-13(23)11(24-14)8-12(22)20-10-5-3-4-9(7-10)15(16,17)18/h2-5,7,11H,1,6,8H2,(H,20,22)(H,19,21,23)/t11-/m1/s1. The molecule has 1 aromatic rings. The molecule has 1 fully saturated rings. The van der Waals surface area contributed by atoms with Crippen LogP contribution in [0.25, 0.3) is 0 Å². The highest BCUT2D eigenvalue weighted by Crippen LogP contribution is 2.31. The molecule has 2 amide bonds. The van der Waals surface area contributed by atoms with Gasteiger partial charge in [0, 0.05) is 12.1 Å². The Labute approximate surface area is 140 Å². The van der Waals surface area contributed by atoms with E-state index in [-0.39, 0.29) is 18.0 Å². The Kier molecular flexibility index (Phi) is 5.66. The van der Waals surface area contributed by atoms with Crippen LogP contribution in [0.4, 0.5) is 18.9 Å². The van der Waals surface area contributed by atoms with E-state index in [1.807, 2.05) is 0 Å². The maximum atomic E-state index is 12.6. The van der Waals surface area contributed by atoms with Crippen LogP contribution in [0, 0.1) is 0 Å². The van der Waals surface area contributed by atoms with Crippen LogP contribution in [0.3, 0.4) is 0 Å². The summed E-state index contributed by atoms with van der Waals surface area (Å²) in [6.45, 7) is 3.85. The number of amidine groups is 1. The van der Waals surface area contributed by atoms with Crippen molar-refractivity contribution in [3.63, 3.8) is 0 Å². The van der Waals surface area contributed by atoms with Crippen molar-refractivity contribution < 1.29 is 22.8 Å². The first kappa shape index (κ1) is 18.1. The van der Waals surface area contributed by atoms with E-state index in [1.165, 1.54) is 12.1 Å². The van der Waals surface area contributed by atoms with Crippen LogP contribution < -0.4 is 10.6 Å². The smallest absolute Gasteiger partial charge is 0.326 e. The van der Waals surface area contributed by atoms with Crippen LogP contribution in [0.5, 0.6) is 0 Å². The summed E-state index contributed by atoms with van der Waals surface area (Å²) in [6, 6.07) is 4.32. The zero-order chi connectivity index (χ0) is 17.7. The Morgan fingerprint density at radius 2 is 2.21 bits per heavy atom. The van der Waals surface area contributed by atoms with Gasteiger partial charge in [0.05, 0.1) is 12.1 Å². The average molecular weight is 357 g/mol. The van der Waals surface area contributed by atoms with E-state index in [0.717, 1.165) is 23.9 Å². The molecule has 9 heteroatoms. The SMILES string of the molecule is C=CCN=C1NC(=O)[C@@H](CC(=O)Nc2cccc(C(F)(F)F)c2)S1. The minimum Gasteiger partial charge on any atom is -0.326 e. The molecule has 0 aromatic heterocycles. The second-order valence-corrected chi connectivity index (χ2v) is 6.05. The number of rotatable bonds is 5. The number of hydrogen-bond acceptors (Lipinski definition) is 4. The lowest BCUT2D eigenvalue weighted by Crippen LogP contribution is -2.28. The molecular formula is C15H14F3N3O2S. The highest BCUT2D eigenvalue weighted by Gasteiger charge is 2.33. The maximum Gasteiger partial charge on any atom is 0.416 e. The van der Waals surface area contributed by atoms with Crippen LogP contribution in [-0.2, 0) is 15.8 Å². The lowest BCUT2D eigenvalue weighted by molar-refractivity contribution is -0.137. The first-order chi connectivity index (χ1) is 11.3. The van der Waals surface area contributed by atoms with Crippen molar-refractivity contribution in [2.75, 3.05) is 11.9 Å². The number of anilines is 1. The molecule has 24 heavy (non-hydrogen) atoms. The Morgan fingerprint density at radius 1 is 1.46 bits per heavy atom. The number of benzene rings is 1. The zero-order valence-electron chi connectivity index (χ0n) is 12.4. The van der Waals surface area contributed by atoms with Crippen molar-refractivity contribution in [2.45, 2.75) is 17.8 Å². The van der Waals surface area contributed by atoms with Gasteiger partial charge in [0.15, 0.2) is 5.17 Å². The van der Waals surface area contributed by atoms with Gasteiger partial charge in [-0.05, 0) is 18.2 Å². The third-order valence-corrected chi connectivity index (χ3v) is 4.10. The summed E-state index contributed by atoms with van der Waals surface area (Å²) in [4.78, 5) is 27.8. The van der Waals surface area contributed by atoms with E-state index in [1.54, 1.807) is 6.08 Å². The van der Waals surface area contributed by atoms with Crippen molar-refractivity contribution >= 4 is 34.4 Å². The van der Waals surface area contributed by atoms with Gasteiger partial charge >= 0.3 is 6.18 Å². The van der Waals surface area contributed by atoms with Gasteiger partial charge in [-0.25, -0.2) is 0 Å². The molecule has 0 aliphatic carbocycles. The number of carbonyl (C=O) groups excluding carboxylic acids is 2. The molecule has 1 aliphatic rings. The third kappa shape index (κ3) is 4.85. The number of carbonyl (C=O) groups is 2. The van der Waals surface area contributed by atoms with Gasteiger partial charge in [0.1, 0.15) is 5.25 Å². The van der Waals surface area contributed by atoms with E-state index in [4.69, 9.17) is 0 Å². The normalized spacial score (nSPS) is 19.2. The van der Waals surface area contributed by atoms with Gasteiger partial charge in [0.2, 0.25) is 11.8 Å². The van der Waals surface area contributed by atoms with Gasteiger partial charge in [-0.3, -0.25) is 14.6 Å². The topological polar surface area (TPSA) is 70.6 Å². The molecule has 1 atom stereocenters. The number of thioether (sulfide) groups is 1. The van der Waals surface area contributed by atoms with Crippen LogP contribution in [0.2, 0.25) is 0 Å². The summed E-state index contributed by atoms with van der Waals surface area (Å²) in [5.41, 5.74) is -0.828. The number of hydrogen-bond donors (Lipinski definition) is 2. The molecule has 1 aliphatic heterocycles. The summed E-state index contributed by atoms with van der Waals surface area (Å²) in [6.07, 6.45) is -3.09. The van der Waals surface area contributed by atoms with Gasteiger partial charge in [-0.1, -0.05) is 23.9 Å². The number of halogens is 3. The monoisotopic (exact) mass is 357 g/mol. The lowest BCUT2D eigenvalue weighted by Gasteiger charge is -2.10. The fourth-order valence-electron chi connectivity index (χ4n) is 1.92. The van der Waals surface area contributed by atoms with Gasteiger partial charge in [-0.15, -0.1) is 6.58 Å². The lowest BCUT2D eigenvalue weighted by atomic mass is 10.2. The van der Waals surface area contributed by atoms with Gasteiger partial charge < -0.3 is 10.6 Å². The van der Waals surface area contributed by atoms with Crippen LogP contribution in [0.1, 0.15) is 12.0 Å². The summed E-state index contributed by atoms with van der Waals surface area (Å²) in [7, 11) is 0. The van der Waals surface area contributed by atoms with Crippen LogP contribution in [-0.4, -0.2) is 28.8 Å². The maximum absolute atomic E-state index is 12.6. The van der Waals surface area contributed by atoms with Crippen molar-refractivity contribution in [2.24, 2.45) is 4.99 Å². The summed E-state index contributed by atoms with van der Waals surface area (Å²) < 4.78 is 37.9. The van der Waals surface area contributed by atoms with E-state index in [9.17, 15) is 22.8 Å². The minimum absolute atomic E-state index is 0.0266. The Morgan fingerprint density at radius 3 is 2.88 bits per heavy atom. The predicted molar refractivity (Wildman–Crippen MR) is 86.7 cm³/mol.